The largest absolute Gasteiger partial charge is 0.393 e. The molecule has 1 fully saturated rings. The van der Waals surface area contributed by atoms with Crippen molar-refractivity contribution in [2.45, 2.75) is 37.8 Å². The monoisotopic (exact) mass is 129 g/mol. The Hall–Kier alpha value is -0.0800. The molecule has 1 unspecified atom stereocenters. The zero-order chi connectivity index (χ0) is 6.69. The first kappa shape index (κ1) is 7.03. The molecular formula is C7H15NO. The molecule has 0 aromatic heterocycles. The van der Waals surface area contributed by atoms with Crippen LogP contribution in [0.2, 0.25) is 0 Å². The van der Waals surface area contributed by atoms with Crippen LogP contribution in [0.25, 0.3) is 0 Å². The summed E-state index contributed by atoms with van der Waals surface area (Å²) in [5.41, 5.74) is 0. The Labute approximate surface area is 56.3 Å². The maximum absolute atomic E-state index is 9.17. The van der Waals surface area contributed by atoms with E-state index in [1.54, 1.807) is 0 Å². The van der Waals surface area contributed by atoms with Gasteiger partial charge in [-0.15, -0.1) is 0 Å². The zero-order valence-electron chi connectivity index (χ0n) is 5.93. The van der Waals surface area contributed by atoms with E-state index in [1.807, 2.05) is 7.05 Å². The van der Waals surface area contributed by atoms with Gasteiger partial charge in [-0.2, -0.15) is 0 Å². The van der Waals surface area contributed by atoms with Crippen LogP contribution < -0.4 is 5.32 Å². The van der Waals surface area contributed by atoms with Crippen LogP contribution in [0.4, 0.5) is 0 Å². The van der Waals surface area contributed by atoms with Gasteiger partial charge in [0.15, 0.2) is 0 Å². The van der Waals surface area contributed by atoms with Crippen molar-refractivity contribution in [2.24, 2.45) is 0 Å². The van der Waals surface area contributed by atoms with Crippen LogP contribution >= 0.6 is 0 Å². The van der Waals surface area contributed by atoms with Crippen molar-refractivity contribution in [1.29, 1.82) is 0 Å². The van der Waals surface area contributed by atoms with Gasteiger partial charge >= 0.3 is 0 Å². The van der Waals surface area contributed by atoms with Gasteiger partial charge in [-0.1, -0.05) is 0 Å². The number of aliphatic hydroxyl groups excluding tert-OH is 1. The first-order valence-corrected chi connectivity index (χ1v) is 3.68. The molecular weight excluding hydrogens is 114 g/mol. The third-order valence-electron chi connectivity index (χ3n) is 2.05. The van der Waals surface area contributed by atoms with Crippen LogP contribution in [0.5, 0.6) is 0 Å². The Morgan fingerprint density at radius 1 is 1.44 bits per heavy atom. The Kier molecular flexibility index (Phi) is 2.49. The van der Waals surface area contributed by atoms with E-state index in [0.717, 1.165) is 12.8 Å². The fourth-order valence-electron chi connectivity index (χ4n) is 1.43. The molecule has 2 atom stereocenters. The molecule has 1 saturated carbocycles. The van der Waals surface area contributed by atoms with Crippen molar-refractivity contribution in [1.82, 2.24) is 5.32 Å². The van der Waals surface area contributed by atoms with E-state index in [0.29, 0.717) is 6.04 Å². The molecule has 9 heavy (non-hydrogen) atoms. The quantitative estimate of drug-likeness (QED) is 0.540. The third kappa shape index (κ3) is 1.95. The molecule has 0 aliphatic heterocycles. The van der Waals surface area contributed by atoms with Crippen molar-refractivity contribution < 1.29 is 5.11 Å². The molecule has 1 aliphatic carbocycles. The second-order valence-corrected chi connectivity index (χ2v) is 2.81. The molecule has 0 heterocycles. The van der Waals surface area contributed by atoms with Crippen LogP contribution in [0.1, 0.15) is 25.7 Å². The van der Waals surface area contributed by atoms with E-state index in [2.05, 4.69) is 5.32 Å². The minimum atomic E-state index is -0.0452. The molecule has 0 radical (unpaired) electrons. The van der Waals surface area contributed by atoms with Gasteiger partial charge in [0, 0.05) is 6.04 Å². The first-order chi connectivity index (χ1) is 4.33. The van der Waals surface area contributed by atoms with E-state index < -0.39 is 0 Å². The number of rotatable bonds is 1. The highest BCUT2D eigenvalue weighted by Crippen LogP contribution is 2.17. The number of nitrogens with one attached hydrogen (secondary N) is 1. The fraction of sp³-hybridized carbons (Fsp3) is 1.00. The molecule has 0 saturated heterocycles. The first-order valence-electron chi connectivity index (χ1n) is 3.68. The fourth-order valence-corrected chi connectivity index (χ4v) is 1.43. The highest BCUT2D eigenvalue weighted by atomic mass is 16.3. The average Bonchev–Trinajstić information content (AvgIpc) is 1.88. The highest BCUT2D eigenvalue weighted by molar-refractivity contribution is 4.75. The second kappa shape index (κ2) is 3.18. The summed E-state index contributed by atoms with van der Waals surface area (Å²) in [5, 5.41) is 12.3. The van der Waals surface area contributed by atoms with Gasteiger partial charge in [0.05, 0.1) is 6.10 Å². The van der Waals surface area contributed by atoms with Gasteiger partial charge in [0.1, 0.15) is 0 Å². The van der Waals surface area contributed by atoms with Crippen LogP contribution in [0, 0.1) is 0 Å². The Morgan fingerprint density at radius 3 is 2.67 bits per heavy atom. The van der Waals surface area contributed by atoms with Crippen LogP contribution in [0.3, 0.4) is 0 Å². The third-order valence-corrected chi connectivity index (χ3v) is 2.05. The minimum absolute atomic E-state index is 0.0452. The van der Waals surface area contributed by atoms with Gasteiger partial charge in [0.25, 0.3) is 0 Å². The molecule has 1 rings (SSSR count). The lowest BCUT2D eigenvalue weighted by molar-refractivity contribution is 0.114. The summed E-state index contributed by atoms with van der Waals surface area (Å²) in [4.78, 5) is 0. The number of hydrogen-bond donors (Lipinski definition) is 2. The summed E-state index contributed by atoms with van der Waals surface area (Å²) < 4.78 is 0. The molecule has 0 aromatic rings. The molecule has 2 N–H and O–H groups in total. The lowest BCUT2D eigenvalue weighted by Crippen LogP contribution is -2.33. The minimum Gasteiger partial charge on any atom is -0.393 e. The Bertz CT molecular complexity index is 85.0. The van der Waals surface area contributed by atoms with Gasteiger partial charge in [-0.3, -0.25) is 0 Å². The maximum atomic E-state index is 9.17. The molecule has 0 spiro atoms. The molecule has 0 bridgehead atoms. The molecule has 2 heteroatoms. The lowest BCUT2D eigenvalue weighted by atomic mass is 9.93. The lowest BCUT2D eigenvalue weighted by Gasteiger charge is -2.24. The molecule has 0 amide bonds. The number of hydrogen-bond acceptors (Lipinski definition) is 2. The predicted molar refractivity (Wildman–Crippen MR) is 37.3 cm³/mol. The number of aliphatic hydroxyl groups is 1. The van der Waals surface area contributed by atoms with Crippen LogP contribution in [0.15, 0.2) is 0 Å². The summed E-state index contributed by atoms with van der Waals surface area (Å²) in [7, 11) is 1.96. The van der Waals surface area contributed by atoms with Crippen LogP contribution in [-0.4, -0.2) is 24.3 Å². The van der Waals surface area contributed by atoms with E-state index in [1.165, 1.54) is 12.8 Å². The summed E-state index contributed by atoms with van der Waals surface area (Å²) >= 11 is 0. The highest BCUT2D eigenvalue weighted by Gasteiger charge is 2.17. The smallest absolute Gasteiger partial charge is 0.0555 e. The predicted octanol–water partition coefficient (Wildman–Crippen LogP) is 0.509. The van der Waals surface area contributed by atoms with Crippen molar-refractivity contribution in [3.63, 3.8) is 0 Å². The van der Waals surface area contributed by atoms with Gasteiger partial charge in [0.2, 0.25) is 0 Å². The SMILES string of the molecule is CN[C@@H]1CCCC(O)C1. The zero-order valence-corrected chi connectivity index (χ0v) is 5.93. The van der Waals surface area contributed by atoms with E-state index in [9.17, 15) is 5.11 Å². The summed E-state index contributed by atoms with van der Waals surface area (Å²) in [5.74, 6) is 0. The molecule has 54 valence electrons. The second-order valence-electron chi connectivity index (χ2n) is 2.81. The van der Waals surface area contributed by atoms with Crippen LogP contribution in [-0.2, 0) is 0 Å². The standard InChI is InChI=1S/C7H15NO/c1-8-6-3-2-4-7(9)5-6/h6-9H,2-5H2,1H3/t6-,7?/m1/s1. The van der Waals surface area contributed by atoms with Gasteiger partial charge in [-0.25, -0.2) is 0 Å². The normalized spacial score (nSPS) is 36.7. The topological polar surface area (TPSA) is 32.3 Å². The van der Waals surface area contributed by atoms with Crippen molar-refractivity contribution in [2.75, 3.05) is 7.05 Å². The Balaban J connectivity index is 2.23. The van der Waals surface area contributed by atoms with Gasteiger partial charge < -0.3 is 10.4 Å². The maximum Gasteiger partial charge on any atom is 0.0555 e. The summed E-state index contributed by atoms with van der Waals surface area (Å²) in [6.45, 7) is 0. The van der Waals surface area contributed by atoms with Crippen molar-refractivity contribution in [3.05, 3.63) is 0 Å². The average molecular weight is 129 g/mol. The van der Waals surface area contributed by atoms with Gasteiger partial charge in [-0.05, 0) is 32.7 Å². The van der Waals surface area contributed by atoms with E-state index in [-0.39, 0.29) is 6.10 Å². The van der Waals surface area contributed by atoms with E-state index >= 15 is 0 Å². The van der Waals surface area contributed by atoms with Crippen molar-refractivity contribution >= 4 is 0 Å². The van der Waals surface area contributed by atoms with E-state index in [4.69, 9.17) is 0 Å². The molecule has 1 aliphatic rings. The van der Waals surface area contributed by atoms with Crippen molar-refractivity contribution in [3.8, 4) is 0 Å². The molecule has 0 aromatic carbocycles. The summed E-state index contributed by atoms with van der Waals surface area (Å²) in [6.07, 6.45) is 4.30. The summed E-state index contributed by atoms with van der Waals surface area (Å²) in [6, 6.07) is 0.564. The molecule has 2 nitrogen and oxygen atoms in total. The Morgan fingerprint density at radius 2 is 2.22 bits per heavy atom.